The summed E-state index contributed by atoms with van der Waals surface area (Å²) in [5.74, 6) is -2.57. The van der Waals surface area contributed by atoms with Crippen molar-refractivity contribution in [3.05, 3.63) is 76.9 Å². The summed E-state index contributed by atoms with van der Waals surface area (Å²) in [6, 6.07) is 7.61. The van der Waals surface area contributed by atoms with E-state index in [0.717, 1.165) is 70.1 Å². The van der Waals surface area contributed by atoms with Crippen molar-refractivity contribution < 1.29 is 46.8 Å². The molecule has 2 aromatic carbocycles. The van der Waals surface area contributed by atoms with Gasteiger partial charge in [-0.1, -0.05) is 38.8 Å². The topological polar surface area (TPSA) is 113 Å². The minimum atomic E-state index is -0.921. The molecule has 2 aliphatic rings. The fraction of sp³-hybridized carbons (Fsp3) is 0.525. The van der Waals surface area contributed by atoms with Gasteiger partial charge in [-0.3, -0.25) is 0 Å². The number of rotatable bonds is 19. The molecule has 2 aromatic rings. The molecule has 2 fully saturated rings. The maximum absolute atomic E-state index is 14.9. The molecule has 0 unspecified atom stereocenters. The summed E-state index contributed by atoms with van der Waals surface area (Å²) in [7, 11) is 0. The first-order valence-corrected chi connectivity index (χ1v) is 18.0. The number of hydrogen-bond donors (Lipinski definition) is 1. The number of benzene rings is 2. The first-order chi connectivity index (χ1) is 24.7. The van der Waals surface area contributed by atoms with Crippen molar-refractivity contribution in [3.8, 4) is 11.5 Å². The van der Waals surface area contributed by atoms with Crippen molar-refractivity contribution in [1.29, 1.82) is 5.41 Å². The van der Waals surface area contributed by atoms with Crippen LogP contribution in [0.25, 0.3) is 6.08 Å². The Morgan fingerprint density at radius 2 is 1.65 bits per heavy atom. The van der Waals surface area contributed by atoms with E-state index in [9.17, 15) is 18.4 Å². The summed E-state index contributed by atoms with van der Waals surface area (Å²) < 4.78 is 62.8. The lowest BCUT2D eigenvalue weighted by Crippen LogP contribution is -2.36. The summed E-state index contributed by atoms with van der Waals surface area (Å²) in [5, 5.41) is 7.83. The van der Waals surface area contributed by atoms with Crippen LogP contribution in [-0.2, 0) is 28.5 Å². The number of halogens is 2. The van der Waals surface area contributed by atoms with Gasteiger partial charge in [0.1, 0.15) is 5.75 Å². The molecule has 0 bridgehead atoms. The van der Waals surface area contributed by atoms with Crippen LogP contribution in [0.15, 0.2) is 48.6 Å². The molecule has 1 aliphatic heterocycles. The van der Waals surface area contributed by atoms with Crippen molar-refractivity contribution in [1.82, 2.24) is 0 Å². The first-order valence-electron chi connectivity index (χ1n) is 18.0. The molecule has 51 heavy (non-hydrogen) atoms. The number of hydrogen-bond acceptors (Lipinski definition) is 9. The van der Waals surface area contributed by atoms with E-state index in [2.05, 4.69) is 13.5 Å². The van der Waals surface area contributed by atoms with E-state index in [1.165, 1.54) is 24.6 Å². The second-order valence-electron chi connectivity index (χ2n) is 13.3. The maximum Gasteiger partial charge on any atom is 0.336 e. The minimum absolute atomic E-state index is 0.0460. The Morgan fingerprint density at radius 1 is 0.961 bits per heavy atom. The monoisotopic (exact) mass is 711 g/mol. The third-order valence-corrected chi connectivity index (χ3v) is 9.12. The van der Waals surface area contributed by atoms with Crippen LogP contribution >= 0.6 is 0 Å². The zero-order chi connectivity index (χ0) is 36.6. The highest BCUT2D eigenvalue weighted by molar-refractivity contribution is 5.90. The van der Waals surface area contributed by atoms with Crippen LogP contribution in [0.2, 0.25) is 0 Å². The zero-order valence-corrected chi connectivity index (χ0v) is 29.8. The molecule has 0 amide bonds. The number of carbonyl (C=O) groups excluding carboxylic acids is 2. The Morgan fingerprint density at radius 3 is 2.29 bits per heavy atom. The SMILES string of the molecule is C=C(C)C(=O)OCCCCCCOC1OCC(COc2ccc(/C=C/C(=O)Oc3c(F)cc(C4CCC(CCC)CC4)cc3F)cc2C=N)CO1. The number of carbonyl (C=O) groups is 2. The van der Waals surface area contributed by atoms with Gasteiger partial charge in [0.2, 0.25) is 5.75 Å². The maximum atomic E-state index is 14.9. The molecule has 4 rings (SSSR count). The van der Waals surface area contributed by atoms with Crippen molar-refractivity contribution in [3.63, 3.8) is 0 Å². The normalized spacial score (nSPS) is 20.5. The second kappa shape index (κ2) is 20.8. The van der Waals surface area contributed by atoms with Crippen molar-refractivity contribution >= 4 is 24.2 Å². The van der Waals surface area contributed by atoms with E-state index in [1.54, 1.807) is 25.1 Å². The molecule has 1 saturated heterocycles. The highest BCUT2D eigenvalue weighted by atomic mass is 19.1. The predicted molar refractivity (Wildman–Crippen MR) is 190 cm³/mol. The number of unbranched alkanes of at least 4 members (excludes halogenated alkanes) is 3. The third-order valence-electron chi connectivity index (χ3n) is 9.12. The highest BCUT2D eigenvalue weighted by Gasteiger charge is 2.26. The molecule has 11 heteroatoms. The van der Waals surface area contributed by atoms with E-state index in [-0.39, 0.29) is 17.8 Å². The Labute approximate surface area is 299 Å². The Balaban J connectivity index is 1.16. The van der Waals surface area contributed by atoms with Crippen LogP contribution in [0.1, 0.15) is 101 Å². The van der Waals surface area contributed by atoms with E-state index >= 15 is 0 Å². The van der Waals surface area contributed by atoms with Crippen LogP contribution in [0, 0.1) is 28.9 Å². The van der Waals surface area contributed by atoms with Gasteiger partial charge in [0.05, 0.1) is 33.0 Å². The third kappa shape index (κ3) is 13.0. The van der Waals surface area contributed by atoms with Gasteiger partial charge in [0.15, 0.2) is 11.6 Å². The lowest BCUT2D eigenvalue weighted by molar-refractivity contribution is -0.323. The fourth-order valence-corrected chi connectivity index (χ4v) is 6.27. The van der Waals surface area contributed by atoms with Crippen molar-refractivity contribution in [2.45, 2.75) is 90.4 Å². The number of esters is 2. The van der Waals surface area contributed by atoms with Gasteiger partial charge in [-0.2, -0.15) is 0 Å². The minimum Gasteiger partial charge on any atom is -0.492 e. The largest absolute Gasteiger partial charge is 0.492 e. The lowest BCUT2D eigenvalue weighted by atomic mass is 9.77. The zero-order valence-electron chi connectivity index (χ0n) is 29.8. The van der Waals surface area contributed by atoms with E-state index in [0.29, 0.717) is 67.0 Å². The number of nitrogens with one attached hydrogen (secondary N) is 1. The molecule has 278 valence electrons. The number of ether oxygens (including phenoxy) is 6. The fourth-order valence-electron chi connectivity index (χ4n) is 6.27. The van der Waals surface area contributed by atoms with Crippen molar-refractivity contribution in [2.75, 3.05) is 33.0 Å². The molecular formula is C40H51F2NO8. The van der Waals surface area contributed by atoms with Gasteiger partial charge >= 0.3 is 11.9 Å². The molecule has 0 radical (unpaired) electrons. The van der Waals surface area contributed by atoms with Gasteiger partial charge in [-0.05, 0) is 105 Å². The Bertz CT molecular complexity index is 1470. The predicted octanol–water partition coefficient (Wildman–Crippen LogP) is 8.68. The Hall–Kier alpha value is -3.93. The van der Waals surface area contributed by atoms with Crippen LogP contribution in [0.4, 0.5) is 8.78 Å². The quantitative estimate of drug-likeness (QED) is 0.0507. The molecule has 1 aliphatic carbocycles. The lowest BCUT2D eigenvalue weighted by Gasteiger charge is -2.29. The van der Waals surface area contributed by atoms with E-state index < -0.39 is 29.8 Å². The average molecular weight is 712 g/mol. The average Bonchev–Trinajstić information content (AvgIpc) is 3.13. The van der Waals surface area contributed by atoms with Crippen LogP contribution in [-0.4, -0.2) is 57.7 Å². The van der Waals surface area contributed by atoms with E-state index in [1.807, 2.05) is 0 Å². The molecule has 0 aromatic heterocycles. The second-order valence-corrected chi connectivity index (χ2v) is 13.3. The smallest absolute Gasteiger partial charge is 0.336 e. The molecular weight excluding hydrogens is 660 g/mol. The summed E-state index contributed by atoms with van der Waals surface area (Å²) in [6.45, 7) is 8.53. The van der Waals surface area contributed by atoms with Gasteiger partial charge < -0.3 is 33.8 Å². The molecule has 0 spiro atoms. The molecule has 0 atom stereocenters. The van der Waals surface area contributed by atoms with Gasteiger partial charge in [0.25, 0.3) is 6.48 Å². The summed E-state index contributed by atoms with van der Waals surface area (Å²) in [5.41, 5.74) is 2.06. The molecule has 9 nitrogen and oxygen atoms in total. The summed E-state index contributed by atoms with van der Waals surface area (Å²) in [6.07, 6.45) is 13.4. The van der Waals surface area contributed by atoms with Crippen LogP contribution in [0.5, 0.6) is 11.5 Å². The van der Waals surface area contributed by atoms with Gasteiger partial charge in [-0.25, -0.2) is 18.4 Å². The van der Waals surface area contributed by atoms with Gasteiger partial charge in [-0.15, -0.1) is 0 Å². The highest BCUT2D eigenvalue weighted by Crippen LogP contribution is 2.39. The van der Waals surface area contributed by atoms with E-state index in [4.69, 9.17) is 33.8 Å². The van der Waals surface area contributed by atoms with Crippen LogP contribution < -0.4 is 9.47 Å². The molecule has 1 N–H and O–H groups in total. The first kappa shape index (κ1) is 39.8. The van der Waals surface area contributed by atoms with Gasteiger partial charge in [0, 0.05) is 29.3 Å². The summed E-state index contributed by atoms with van der Waals surface area (Å²) in [4.78, 5) is 23.9. The summed E-state index contributed by atoms with van der Waals surface area (Å²) >= 11 is 0. The van der Waals surface area contributed by atoms with Crippen molar-refractivity contribution in [2.24, 2.45) is 11.8 Å². The Kier molecular flexibility index (Phi) is 16.3. The molecule has 1 saturated carbocycles. The van der Waals surface area contributed by atoms with Crippen LogP contribution in [0.3, 0.4) is 0 Å². The standard InChI is InChI=1S/C40H51F2NO8/c1-4-9-28-10-14-31(15-11-28)32-21-34(41)38(35(42)22-32)51-37(44)17-13-29-12-16-36(33(20-29)23-43)48-24-30-25-49-40(50-26-30)47-19-8-6-5-7-18-46-39(45)27(2)3/h12-13,16-17,20-23,28,30-31,40,43H,2,4-11,14-15,18-19,24-26H2,1,3H3/b17-13+,43-23?. The molecule has 1 heterocycles.